The zero-order chi connectivity index (χ0) is 7.72. The summed E-state index contributed by atoms with van der Waals surface area (Å²) < 4.78 is 0. The van der Waals surface area contributed by atoms with E-state index in [9.17, 15) is 5.11 Å². The van der Waals surface area contributed by atoms with Gasteiger partial charge in [-0.3, -0.25) is 0 Å². The first-order valence-corrected chi connectivity index (χ1v) is 4.94. The zero-order valence-electron chi connectivity index (χ0n) is 7.45. The average Bonchev–Trinajstić information content (AvgIpc) is 2.17. The second kappa shape index (κ2) is 5.48. The van der Waals surface area contributed by atoms with Crippen molar-refractivity contribution in [2.75, 3.05) is 0 Å². The van der Waals surface area contributed by atoms with E-state index in [1.54, 1.807) is 11.8 Å². The molecule has 0 amide bonds. The summed E-state index contributed by atoms with van der Waals surface area (Å²) in [5, 5.41) is 10.1. The topological polar surface area (TPSA) is 20.2 Å². The molecule has 0 saturated carbocycles. The molecule has 0 aromatic heterocycles. The number of rotatable bonds is 1. The quantitative estimate of drug-likeness (QED) is 0.744. The Morgan fingerprint density at radius 1 is 1.27 bits per heavy atom. The van der Waals surface area contributed by atoms with Crippen molar-refractivity contribution in [2.45, 2.75) is 37.9 Å². The van der Waals surface area contributed by atoms with Gasteiger partial charge < -0.3 is 5.11 Å². The molecule has 0 aromatic rings. The van der Waals surface area contributed by atoms with E-state index in [1.807, 2.05) is 0 Å². The fourth-order valence-electron chi connectivity index (χ4n) is 1.49. The standard InChI is InChI=1S/C8H16OS.Ac/c1-4-7-5(2)6(3)8(9)10-7;/h5-9H,4H2,1-3H3;/t5-,6?,7-,8?;/m1./s1. The molecule has 0 aromatic carbocycles. The van der Waals surface area contributed by atoms with Gasteiger partial charge in [-0.05, 0) is 18.3 Å². The Morgan fingerprint density at radius 3 is 2.00 bits per heavy atom. The number of hydrogen-bond acceptors (Lipinski definition) is 2. The molecule has 11 heavy (non-hydrogen) atoms. The molecule has 3 heteroatoms. The van der Waals surface area contributed by atoms with E-state index in [1.165, 1.54) is 6.42 Å². The van der Waals surface area contributed by atoms with Crippen molar-refractivity contribution in [2.24, 2.45) is 11.8 Å². The first-order chi connectivity index (χ1) is 4.66. The van der Waals surface area contributed by atoms with Crippen LogP contribution in [0.15, 0.2) is 0 Å². The van der Waals surface area contributed by atoms with Crippen molar-refractivity contribution in [3.05, 3.63) is 0 Å². The zero-order valence-corrected chi connectivity index (χ0v) is 13.0. The van der Waals surface area contributed by atoms with Gasteiger partial charge >= 0.3 is 0 Å². The summed E-state index contributed by atoms with van der Waals surface area (Å²) in [7, 11) is 0. The second-order valence-corrected chi connectivity index (χ2v) is 4.55. The van der Waals surface area contributed by atoms with Crippen molar-refractivity contribution in [1.29, 1.82) is 0 Å². The summed E-state index contributed by atoms with van der Waals surface area (Å²) in [4.78, 5) is 0. The third kappa shape index (κ3) is 2.86. The van der Waals surface area contributed by atoms with Crippen LogP contribution in [0.3, 0.4) is 0 Å². The molecule has 4 atom stereocenters. The molecule has 1 N–H and O–H groups in total. The van der Waals surface area contributed by atoms with Crippen LogP contribution in [0.5, 0.6) is 0 Å². The molecule has 1 aliphatic heterocycles. The molecule has 0 aliphatic carbocycles. The van der Waals surface area contributed by atoms with Crippen LogP contribution in [0.2, 0.25) is 0 Å². The van der Waals surface area contributed by atoms with Crippen LogP contribution in [0.1, 0.15) is 27.2 Å². The Bertz CT molecular complexity index is 121. The van der Waals surface area contributed by atoms with Gasteiger partial charge in [0.2, 0.25) is 0 Å². The molecule has 1 nitrogen and oxygen atoms in total. The van der Waals surface area contributed by atoms with Crippen LogP contribution in [0.4, 0.5) is 0 Å². The van der Waals surface area contributed by atoms with Crippen LogP contribution in [-0.2, 0) is 0 Å². The third-order valence-corrected chi connectivity index (χ3v) is 4.40. The van der Waals surface area contributed by atoms with Gasteiger partial charge in [0.25, 0.3) is 0 Å². The Kier molecular flexibility index (Phi) is 6.35. The van der Waals surface area contributed by atoms with Gasteiger partial charge in [0.1, 0.15) is 5.44 Å². The van der Waals surface area contributed by atoms with Gasteiger partial charge in [-0.15, -0.1) is 11.8 Å². The van der Waals surface area contributed by atoms with E-state index < -0.39 is 0 Å². The third-order valence-electron chi connectivity index (χ3n) is 2.58. The molecule has 0 spiro atoms. The van der Waals surface area contributed by atoms with E-state index in [2.05, 4.69) is 20.8 Å². The van der Waals surface area contributed by atoms with E-state index in [4.69, 9.17) is 0 Å². The summed E-state index contributed by atoms with van der Waals surface area (Å²) in [6.07, 6.45) is 1.19. The van der Waals surface area contributed by atoms with Gasteiger partial charge in [0.05, 0.1) is 0 Å². The molecular weight excluding hydrogens is 371 g/mol. The van der Waals surface area contributed by atoms with Gasteiger partial charge in [-0.1, -0.05) is 20.8 Å². The maximum atomic E-state index is 9.43. The van der Waals surface area contributed by atoms with Crippen molar-refractivity contribution in [1.82, 2.24) is 0 Å². The minimum atomic E-state index is -0.111. The Hall–Kier alpha value is 1.75. The van der Waals surface area contributed by atoms with Crippen LogP contribution in [0.25, 0.3) is 0 Å². The molecule has 1 saturated heterocycles. The summed E-state index contributed by atoms with van der Waals surface area (Å²) >= 11 is 1.74. The molecular formula is C8H16AcOS. The Balaban J connectivity index is 0.000001000. The predicted molar refractivity (Wildman–Crippen MR) is 46.0 cm³/mol. The molecule has 1 radical (unpaired) electrons. The largest absolute Gasteiger partial charge is 0.382 e. The molecule has 0 bridgehead atoms. The number of aliphatic hydroxyl groups excluding tert-OH is 1. The Morgan fingerprint density at radius 2 is 1.82 bits per heavy atom. The van der Waals surface area contributed by atoms with Crippen molar-refractivity contribution < 1.29 is 49.2 Å². The molecule has 1 heterocycles. The molecule has 1 fully saturated rings. The minimum absolute atomic E-state index is 0. The fraction of sp³-hybridized carbons (Fsp3) is 1.00. The van der Waals surface area contributed by atoms with Gasteiger partial charge in [-0.2, -0.15) is 0 Å². The minimum Gasteiger partial charge on any atom is -0.382 e. The van der Waals surface area contributed by atoms with E-state index >= 15 is 0 Å². The van der Waals surface area contributed by atoms with Crippen LogP contribution in [0, 0.1) is 55.9 Å². The van der Waals surface area contributed by atoms with Gasteiger partial charge in [-0.25, -0.2) is 0 Å². The number of thioether (sulfide) groups is 1. The van der Waals surface area contributed by atoms with Crippen molar-refractivity contribution in [3.63, 3.8) is 0 Å². The van der Waals surface area contributed by atoms with E-state index in [-0.39, 0.29) is 49.5 Å². The summed E-state index contributed by atoms with van der Waals surface area (Å²) in [5.41, 5.74) is -0.111. The first kappa shape index (κ1) is 12.8. The van der Waals surface area contributed by atoms with E-state index in [0.29, 0.717) is 17.1 Å². The van der Waals surface area contributed by atoms with Crippen molar-refractivity contribution in [3.8, 4) is 0 Å². The Labute approximate surface area is 109 Å². The maximum Gasteiger partial charge on any atom is 0.102 e. The summed E-state index contributed by atoms with van der Waals surface area (Å²) in [6, 6.07) is 0. The predicted octanol–water partition coefficient (Wildman–Crippen LogP) is 2.10. The average molecular weight is 387 g/mol. The molecule has 1 aliphatic rings. The number of aliphatic hydroxyl groups is 1. The summed E-state index contributed by atoms with van der Waals surface area (Å²) in [6.45, 7) is 6.57. The number of hydrogen-bond donors (Lipinski definition) is 1. The maximum absolute atomic E-state index is 9.43. The van der Waals surface area contributed by atoms with Crippen molar-refractivity contribution >= 4 is 11.8 Å². The van der Waals surface area contributed by atoms with Gasteiger partial charge in [0.15, 0.2) is 0 Å². The van der Waals surface area contributed by atoms with Crippen LogP contribution in [-0.4, -0.2) is 15.8 Å². The normalized spacial score (nSPS) is 43.6. The smallest absolute Gasteiger partial charge is 0.102 e. The van der Waals surface area contributed by atoms with E-state index in [0.717, 1.165) is 0 Å². The summed E-state index contributed by atoms with van der Waals surface area (Å²) in [5.74, 6) is 1.17. The molecule has 2 unspecified atom stereocenters. The molecule has 63 valence electrons. The monoisotopic (exact) mass is 387 g/mol. The SMILES string of the molecule is CC[C@H]1SC(O)C(C)[C@H]1C.[Ac]. The van der Waals surface area contributed by atoms with Crippen LogP contribution < -0.4 is 0 Å². The fourth-order valence-corrected chi connectivity index (χ4v) is 3.04. The first-order valence-electron chi connectivity index (χ1n) is 4.00. The molecule has 1 rings (SSSR count). The van der Waals surface area contributed by atoms with Gasteiger partial charge in [0, 0.05) is 49.3 Å². The second-order valence-electron chi connectivity index (χ2n) is 3.19. The van der Waals surface area contributed by atoms with Crippen LogP contribution >= 0.6 is 11.8 Å².